The summed E-state index contributed by atoms with van der Waals surface area (Å²) in [6, 6.07) is 9.48. The van der Waals surface area contributed by atoms with E-state index in [1.54, 1.807) is 12.5 Å². The normalized spacial score (nSPS) is 18.3. The van der Waals surface area contributed by atoms with Gasteiger partial charge in [0.1, 0.15) is 6.04 Å². The third-order valence-corrected chi connectivity index (χ3v) is 4.63. The van der Waals surface area contributed by atoms with Crippen LogP contribution in [0.4, 0.5) is 0 Å². The van der Waals surface area contributed by atoms with Crippen LogP contribution in [0.1, 0.15) is 24.6 Å². The number of benzene rings is 1. The monoisotopic (exact) mass is 328 g/mol. The van der Waals surface area contributed by atoms with Crippen molar-refractivity contribution in [3.8, 4) is 0 Å². The quantitative estimate of drug-likeness (QED) is 0.899. The van der Waals surface area contributed by atoms with Gasteiger partial charge in [0.2, 0.25) is 5.91 Å². The van der Waals surface area contributed by atoms with E-state index >= 15 is 0 Å². The molecule has 0 spiro atoms. The number of piperazine rings is 1. The molecule has 1 aliphatic rings. The molecule has 1 fully saturated rings. The average Bonchev–Trinajstić information content (AvgIpc) is 3.16. The highest BCUT2D eigenvalue weighted by Gasteiger charge is 2.26. The van der Waals surface area contributed by atoms with Crippen molar-refractivity contribution >= 4 is 5.91 Å². The highest BCUT2D eigenvalue weighted by Crippen LogP contribution is 2.16. The van der Waals surface area contributed by atoms with Crippen molar-refractivity contribution in [1.29, 1.82) is 0 Å². The van der Waals surface area contributed by atoms with Crippen LogP contribution < -0.4 is 0 Å². The van der Waals surface area contributed by atoms with E-state index in [9.17, 15) is 9.90 Å². The van der Waals surface area contributed by atoms with Gasteiger partial charge in [-0.25, -0.2) is 4.98 Å². The van der Waals surface area contributed by atoms with Crippen LogP contribution in [-0.4, -0.2) is 63.1 Å². The third kappa shape index (κ3) is 3.83. The summed E-state index contributed by atoms with van der Waals surface area (Å²) in [7, 11) is 0. The van der Waals surface area contributed by atoms with E-state index in [1.807, 2.05) is 52.9 Å². The minimum Gasteiger partial charge on any atom is -0.387 e. The van der Waals surface area contributed by atoms with Gasteiger partial charge in [-0.05, 0) is 12.5 Å². The van der Waals surface area contributed by atoms with Crippen LogP contribution in [-0.2, 0) is 4.79 Å². The van der Waals surface area contributed by atoms with E-state index in [4.69, 9.17) is 0 Å². The van der Waals surface area contributed by atoms with Crippen LogP contribution >= 0.6 is 0 Å². The molecule has 0 radical (unpaired) electrons. The number of rotatable bonds is 5. The number of hydrogen-bond donors (Lipinski definition) is 1. The fourth-order valence-electron chi connectivity index (χ4n) is 3.07. The van der Waals surface area contributed by atoms with Gasteiger partial charge >= 0.3 is 0 Å². The molecule has 2 atom stereocenters. The first kappa shape index (κ1) is 16.7. The van der Waals surface area contributed by atoms with E-state index < -0.39 is 6.10 Å². The molecule has 2 aromatic rings. The van der Waals surface area contributed by atoms with Crippen LogP contribution in [0.2, 0.25) is 0 Å². The lowest BCUT2D eigenvalue weighted by molar-refractivity contribution is -0.136. The number of nitrogens with zero attached hydrogens (tertiary/aromatic N) is 4. The number of imidazole rings is 1. The highest BCUT2D eigenvalue weighted by atomic mass is 16.3. The average molecular weight is 328 g/mol. The van der Waals surface area contributed by atoms with Gasteiger partial charge in [-0.1, -0.05) is 30.3 Å². The minimum absolute atomic E-state index is 0.122. The molecule has 0 saturated carbocycles. The molecule has 1 aromatic carbocycles. The zero-order valence-corrected chi connectivity index (χ0v) is 14.0. The predicted molar refractivity (Wildman–Crippen MR) is 91.4 cm³/mol. The summed E-state index contributed by atoms with van der Waals surface area (Å²) in [5.41, 5.74) is 0.935. The van der Waals surface area contributed by atoms with Crippen LogP contribution in [0.3, 0.4) is 0 Å². The summed E-state index contributed by atoms with van der Waals surface area (Å²) in [5, 5.41) is 10.3. The Kier molecular flexibility index (Phi) is 5.27. The SMILES string of the molecule is CC(C(=O)N1CCN(CC(O)c2ccccc2)CC1)n1ccnc1. The van der Waals surface area contributed by atoms with E-state index in [1.165, 1.54) is 0 Å². The largest absolute Gasteiger partial charge is 0.387 e. The van der Waals surface area contributed by atoms with Gasteiger partial charge in [0.15, 0.2) is 0 Å². The molecule has 3 rings (SSSR count). The first-order valence-electron chi connectivity index (χ1n) is 8.37. The Labute approximate surface area is 142 Å². The number of hydrogen-bond acceptors (Lipinski definition) is 4. The third-order valence-electron chi connectivity index (χ3n) is 4.63. The Bertz CT molecular complexity index is 636. The van der Waals surface area contributed by atoms with Gasteiger partial charge in [0.25, 0.3) is 0 Å². The Morgan fingerprint density at radius 1 is 1.21 bits per heavy atom. The first-order chi connectivity index (χ1) is 11.6. The second kappa shape index (κ2) is 7.59. The molecule has 2 heterocycles. The molecule has 0 aliphatic carbocycles. The van der Waals surface area contributed by atoms with Gasteiger partial charge in [0, 0.05) is 45.1 Å². The summed E-state index contributed by atoms with van der Waals surface area (Å²) in [4.78, 5) is 20.7. The van der Waals surface area contributed by atoms with Gasteiger partial charge < -0.3 is 14.6 Å². The second-order valence-electron chi connectivity index (χ2n) is 6.24. The maximum absolute atomic E-state index is 12.6. The number of carbonyl (C=O) groups excluding carboxylic acids is 1. The first-order valence-corrected chi connectivity index (χ1v) is 8.37. The molecule has 1 saturated heterocycles. The molecule has 6 nitrogen and oxygen atoms in total. The van der Waals surface area contributed by atoms with Gasteiger partial charge in [-0.2, -0.15) is 0 Å². The molecule has 1 aliphatic heterocycles. The lowest BCUT2D eigenvalue weighted by Gasteiger charge is -2.36. The van der Waals surface area contributed by atoms with Gasteiger partial charge in [-0.15, -0.1) is 0 Å². The Morgan fingerprint density at radius 2 is 1.92 bits per heavy atom. The maximum Gasteiger partial charge on any atom is 0.245 e. The van der Waals surface area contributed by atoms with Crippen molar-refractivity contribution in [1.82, 2.24) is 19.4 Å². The summed E-state index contributed by atoms with van der Waals surface area (Å²) in [5.74, 6) is 0.122. The molecule has 24 heavy (non-hydrogen) atoms. The molecular formula is C18H24N4O2. The summed E-state index contributed by atoms with van der Waals surface area (Å²) in [6.07, 6.45) is 4.69. The molecule has 128 valence electrons. The Hall–Kier alpha value is -2.18. The number of amides is 1. The van der Waals surface area contributed by atoms with Crippen molar-refractivity contribution in [2.75, 3.05) is 32.7 Å². The van der Waals surface area contributed by atoms with E-state index in [-0.39, 0.29) is 11.9 Å². The smallest absolute Gasteiger partial charge is 0.245 e. The lowest BCUT2D eigenvalue weighted by atomic mass is 10.1. The number of β-amino-alcohol motifs (C(OH)–C–C–N with tert-alkyl or cyclic N) is 1. The van der Waals surface area contributed by atoms with Crippen molar-refractivity contribution in [3.05, 3.63) is 54.6 Å². The van der Waals surface area contributed by atoms with Crippen LogP contribution in [0.5, 0.6) is 0 Å². The molecule has 1 aromatic heterocycles. The highest BCUT2D eigenvalue weighted by molar-refractivity contribution is 5.80. The van der Waals surface area contributed by atoms with E-state index in [2.05, 4.69) is 9.88 Å². The van der Waals surface area contributed by atoms with Crippen molar-refractivity contribution in [3.63, 3.8) is 0 Å². The summed E-state index contributed by atoms with van der Waals surface area (Å²) in [6.45, 7) is 5.45. The summed E-state index contributed by atoms with van der Waals surface area (Å²) < 4.78 is 1.83. The lowest BCUT2D eigenvalue weighted by Crippen LogP contribution is -2.50. The minimum atomic E-state index is -0.488. The topological polar surface area (TPSA) is 61.6 Å². The van der Waals surface area contributed by atoms with Crippen LogP contribution in [0, 0.1) is 0 Å². The molecule has 1 amide bonds. The van der Waals surface area contributed by atoms with Gasteiger partial charge in [0.05, 0.1) is 12.4 Å². The number of aliphatic hydroxyl groups excluding tert-OH is 1. The van der Waals surface area contributed by atoms with E-state index in [0.29, 0.717) is 19.6 Å². The van der Waals surface area contributed by atoms with Crippen molar-refractivity contribution < 1.29 is 9.90 Å². The summed E-state index contributed by atoms with van der Waals surface area (Å²) >= 11 is 0. The zero-order valence-electron chi connectivity index (χ0n) is 14.0. The Balaban J connectivity index is 1.50. The molecule has 2 unspecified atom stereocenters. The number of aliphatic hydroxyl groups is 1. The maximum atomic E-state index is 12.6. The molecular weight excluding hydrogens is 304 g/mol. The van der Waals surface area contributed by atoms with E-state index in [0.717, 1.165) is 18.7 Å². The second-order valence-corrected chi connectivity index (χ2v) is 6.24. The molecule has 0 bridgehead atoms. The fourth-order valence-corrected chi connectivity index (χ4v) is 3.07. The Morgan fingerprint density at radius 3 is 2.54 bits per heavy atom. The number of aromatic nitrogens is 2. The predicted octanol–water partition coefficient (Wildman–Crippen LogP) is 1.32. The molecule has 1 N–H and O–H groups in total. The standard InChI is InChI=1S/C18H24N4O2/c1-15(22-8-7-19-14-22)18(24)21-11-9-20(10-12-21)13-17(23)16-5-3-2-4-6-16/h2-8,14-15,17,23H,9-13H2,1H3. The zero-order chi connectivity index (χ0) is 16.9. The van der Waals surface area contributed by atoms with Crippen molar-refractivity contribution in [2.45, 2.75) is 19.1 Å². The molecule has 6 heteroatoms. The number of carbonyl (C=O) groups is 1. The van der Waals surface area contributed by atoms with Crippen molar-refractivity contribution in [2.24, 2.45) is 0 Å². The van der Waals surface area contributed by atoms with Crippen LogP contribution in [0.25, 0.3) is 0 Å². The van der Waals surface area contributed by atoms with Crippen LogP contribution in [0.15, 0.2) is 49.1 Å². The fraction of sp³-hybridized carbons (Fsp3) is 0.444. The van der Waals surface area contributed by atoms with Gasteiger partial charge in [-0.3, -0.25) is 9.69 Å².